The van der Waals surface area contributed by atoms with E-state index < -0.39 is 12.0 Å². The van der Waals surface area contributed by atoms with Gasteiger partial charge in [-0.3, -0.25) is 9.59 Å². The second kappa shape index (κ2) is 9.47. The monoisotopic (exact) mass is 432 g/mol. The van der Waals surface area contributed by atoms with Crippen molar-refractivity contribution in [1.82, 2.24) is 15.2 Å². The third-order valence-corrected chi connectivity index (χ3v) is 5.68. The Morgan fingerprint density at radius 3 is 2.66 bits per heavy atom. The predicted octanol–water partition coefficient (Wildman–Crippen LogP) is 3.75. The van der Waals surface area contributed by atoms with Gasteiger partial charge in [-0.05, 0) is 48.2 Å². The number of hydrogen-bond acceptors (Lipinski definition) is 4. The highest BCUT2D eigenvalue weighted by Crippen LogP contribution is 2.21. The van der Waals surface area contributed by atoms with Crippen LogP contribution in [-0.4, -0.2) is 52.0 Å². The maximum Gasteiger partial charge on any atom is 0.407 e. The third-order valence-electron chi connectivity index (χ3n) is 5.68. The SMILES string of the molecule is O=C(NCC1CCCCN1C(=O)O)c1ncccc1NC(=O)c1cccc2ccccc12. The van der Waals surface area contributed by atoms with Crippen LogP contribution in [0.25, 0.3) is 10.8 Å². The molecule has 1 atom stereocenters. The van der Waals surface area contributed by atoms with Crippen LogP contribution < -0.4 is 10.6 Å². The topological polar surface area (TPSA) is 112 Å². The molecule has 2 heterocycles. The van der Waals surface area contributed by atoms with E-state index in [2.05, 4.69) is 15.6 Å². The maximum atomic E-state index is 13.0. The van der Waals surface area contributed by atoms with Crippen molar-refractivity contribution in [2.45, 2.75) is 25.3 Å². The number of carboxylic acid groups (broad SMARTS) is 1. The first-order chi connectivity index (χ1) is 15.5. The lowest BCUT2D eigenvalue weighted by Gasteiger charge is -2.33. The molecule has 164 valence electrons. The zero-order chi connectivity index (χ0) is 22.5. The van der Waals surface area contributed by atoms with Gasteiger partial charge in [0.1, 0.15) is 0 Å². The molecule has 0 bridgehead atoms. The number of rotatable bonds is 5. The molecule has 3 N–H and O–H groups in total. The van der Waals surface area contributed by atoms with Gasteiger partial charge in [0, 0.05) is 24.8 Å². The van der Waals surface area contributed by atoms with Gasteiger partial charge in [0.25, 0.3) is 11.8 Å². The Morgan fingerprint density at radius 1 is 1.00 bits per heavy atom. The highest BCUT2D eigenvalue weighted by Gasteiger charge is 2.27. The molecule has 2 aromatic carbocycles. The number of benzene rings is 2. The molecule has 3 aromatic rings. The van der Waals surface area contributed by atoms with E-state index in [0.717, 1.165) is 23.6 Å². The van der Waals surface area contributed by atoms with Crippen LogP contribution in [0.1, 0.15) is 40.1 Å². The first-order valence-electron chi connectivity index (χ1n) is 10.6. The summed E-state index contributed by atoms with van der Waals surface area (Å²) >= 11 is 0. The number of hydrogen-bond donors (Lipinski definition) is 3. The number of nitrogens with zero attached hydrogens (tertiary/aromatic N) is 2. The first-order valence-corrected chi connectivity index (χ1v) is 10.6. The normalized spacial score (nSPS) is 15.9. The number of aromatic nitrogens is 1. The molecule has 1 aliphatic heterocycles. The first kappa shape index (κ1) is 21.3. The van der Waals surface area contributed by atoms with Crippen LogP contribution in [0, 0.1) is 0 Å². The lowest BCUT2D eigenvalue weighted by atomic mass is 10.0. The Labute approximate surface area is 185 Å². The minimum absolute atomic E-state index is 0.0822. The number of carbonyl (C=O) groups excluding carboxylic acids is 2. The molecule has 1 fully saturated rings. The summed E-state index contributed by atoms with van der Waals surface area (Å²) in [5, 5.41) is 16.7. The summed E-state index contributed by atoms with van der Waals surface area (Å²) in [5.74, 6) is -0.803. The van der Waals surface area contributed by atoms with Crippen LogP contribution in [0.2, 0.25) is 0 Å². The van der Waals surface area contributed by atoms with Gasteiger partial charge in [0.2, 0.25) is 0 Å². The van der Waals surface area contributed by atoms with Crippen molar-refractivity contribution in [3.8, 4) is 0 Å². The van der Waals surface area contributed by atoms with Crippen LogP contribution in [0.5, 0.6) is 0 Å². The number of anilines is 1. The van der Waals surface area contributed by atoms with Crippen LogP contribution in [0.3, 0.4) is 0 Å². The van der Waals surface area contributed by atoms with E-state index in [0.29, 0.717) is 24.2 Å². The van der Waals surface area contributed by atoms with Crippen molar-refractivity contribution in [3.63, 3.8) is 0 Å². The molecule has 0 saturated carbocycles. The van der Waals surface area contributed by atoms with E-state index >= 15 is 0 Å². The molecule has 0 aliphatic carbocycles. The Balaban J connectivity index is 1.49. The molecule has 3 amide bonds. The second-order valence-electron chi connectivity index (χ2n) is 7.72. The molecule has 1 unspecified atom stereocenters. The number of pyridine rings is 1. The molecule has 4 rings (SSSR count). The number of likely N-dealkylation sites (tertiary alicyclic amines) is 1. The Kier molecular flexibility index (Phi) is 6.30. The standard InChI is InChI=1S/C24H24N4O4/c29-22(19-11-5-8-16-7-1-2-10-18(16)19)27-20-12-6-13-25-21(20)23(30)26-15-17-9-3-4-14-28(17)24(31)32/h1-2,5-8,10-13,17H,3-4,9,14-15H2,(H,26,30)(H,27,29)(H,31,32). The molecule has 0 spiro atoms. The zero-order valence-electron chi connectivity index (χ0n) is 17.5. The fourth-order valence-electron chi connectivity index (χ4n) is 4.06. The van der Waals surface area contributed by atoms with Gasteiger partial charge in [-0.1, -0.05) is 36.4 Å². The summed E-state index contributed by atoms with van der Waals surface area (Å²) in [4.78, 5) is 42.8. The number of piperidine rings is 1. The Morgan fingerprint density at radius 2 is 1.81 bits per heavy atom. The Hall–Kier alpha value is -3.94. The van der Waals surface area contributed by atoms with Crippen LogP contribution in [0.4, 0.5) is 10.5 Å². The number of carbonyl (C=O) groups is 3. The summed E-state index contributed by atoms with van der Waals surface area (Å²) in [6, 6.07) is 16.0. The molecule has 32 heavy (non-hydrogen) atoms. The molecular formula is C24H24N4O4. The van der Waals surface area contributed by atoms with E-state index in [1.807, 2.05) is 36.4 Å². The van der Waals surface area contributed by atoms with Crippen molar-refractivity contribution in [2.24, 2.45) is 0 Å². The fraction of sp³-hybridized carbons (Fsp3) is 0.250. The third kappa shape index (κ3) is 4.54. The highest BCUT2D eigenvalue weighted by molar-refractivity contribution is 6.14. The number of nitrogens with one attached hydrogen (secondary N) is 2. The van der Waals surface area contributed by atoms with Crippen LogP contribution >= 0.6 is 0 Å². The summed E-state index contributed by atoms with van der Waals surface area (Å²) in [6.07, 6.45) is 2.93. The largest absolute Gasteiger partial charge is 0.465 e. The molecule has 8 heteroatoms. The Bertz CT molecular complexity index is 1160. The van der Waals surface area contributed by atoms with Gasteiger partial charge in [0.15, 0.2) is 5.69 Å². The van der Waals surface area contributed by atoms with Gasteiger partial charge in [-0.2, -0.15) is 0 Å². The average Bonchev–Trinajstić information content (AvgIpc) is 2.82. The summed E-state index contributed by atoms with van der Waals surface area (Å²) in [6.45, 7) is 0.657. The lowest BCUT2D eigenvalue weighted by Crippen LogP contribution is -2.49. The summed E-state index contributed by atoms with van der Waals surface area (Å²) < 4.78 is 0. The minimum atomic E-state index is -0.982. The fourth-order valence-corrected chi connectivity index (χ4v) is 4.06. The van der Waals surface area contributed by atoms with E-state index in [-0.39, 0.29) is 24.2 Å². The minimum Gasteiger partial charge on any atom is -0.465 e. The van der Waals surface area contributed by atoms with Gasteiger partial charge in [-0.15, -0.1) is 0 Å². The van der Waals surface area contributed by atoms with Crippen molar-refractivity contribution < 1.29 is 19.5 Å². The molecule has 8 nitrogen and oxygen atoms in total. The van der Waals surface area contributed by atoms with Crippen molar-refractivity contribution in [2.75, 3.05) is 18.4 Å². The van der Waals surface area contributed by atoms with E-state index in [1.165, 1.54) is 11.1 Å². The summed E-state index contributed by atoms with van der Waals surface area (Å²) in [5.41, 5.74) is 0.873. The summed E-state index contributed by atoms with van der Waals surface area (Å²) in [7, 11) is 0. The molecule has 1 saturated heterocycles. The predicted molar refractivity (Wildman–Crippen MR) is 121 cm³/mol. The lowest BCUT2D eigenvalue weighted by molar-refractivity contribution is 0.0879. The molecule has 1 aromatic heterocycles. The second-order valence-corrected chi connectivity index (χ2v) is 7.72. The maximum absolute atomic E-state index is 13.0. The smallest absolute Gasteiger partial charge is 0.407 e. The number of fused-ring (bicyclic) bond motifs is 1. The molecule has 0 radical (unpaired) electrons. The molecular weight excluding hydrogens is 408 g/mol. The van der Waals surface area contributed by atoms with Gasteiger partial charge in [0.05, 0.1) is 11.7 Å². The van der Waals surface area contributed by atoms with Crippen molar-refractivity contribution in [1.29, 1.82) is 0 Å². The zero-order valence-corrected chi connectivity index (χ0v) is 17.5. The van der Waals surface area contributed by atoms with E-state index in [1.54, 1.807) is 18.2 Å². The van der Waals surface area contributed by atoms with E-state index in [9.17, 15) is 19.5 Å². The van der Waals surface area contributed by atoms with Gasteiger partial charge >= 0.3 is 6.09 Å². The van der Waals surface area contributed by atoms with Gasteiger partial charge in [-0.25, -0.2) is 9.78 Å². The average molecular weight is 432 g/mol. The number of amides is 3. The quantitative estimate of drug-likeness (QED) is 0.569. The molecule has 1 aliphatic rings. The van der Waals surface area contributed by atoms with Crippen molar-refractivity contribution >= 4 is 34.4 Å². The van der Waals surface area contributed by atoms with Crippen LogP contribution in [-0.2, 0) is 0 Å². The van der Waals surface area contributed by atoms with Crippen LogP contribution in [0.15, 0.2) is 60.8 Å². The highest BCUT2D eigenvalue weighted by atomic mass is 16.4. The van der Waals surface area contributed by atoms with Gasteiger partial charge < -0.3 is 20.6 Å². The van der Waals surface area contributed by atoms with Crippen molar-refractivity contribution in [3.05, 3.63) is 72.1 Å². The van der Waals surface area contributed by atoms with E-state index in [4.69, 9.17) is 0 Å².